The fourth-order valence-electron chi connectivity index (χ4n) is 3.08. The maximum absolute atomic E-state index is 9.92. The third-order valence-electron chi connectivity index (χ3n) is 4.60. The Morgan fingerprint density at radius 1 is 0.875 bits per heavy atom. The Kier molecular flexibility index (Phi) is 11.0. The SMILES string of the molecule is CCCCCCCCCCCCCC(=NO)c1cc(C)ccc1O. The zero-order chi connectivity index (χ0) is 17.6. The van der Waals surface area contributed by atoms with Crippen LogP contribution in [0.25, 0.3) is 0 Å². The summed E-state index contributed by atoms with van der Waals surface area (Å²) in [5, 5.41) is 22.6. The van der Waals surface area contributed by atoms with Crippen molar-refractivity contribution in [1.82, 2.24) is 0 Å². The van der Waals surface area contributed by atoms with Gasteiger partial charge in [-0.05, 0) is 31.9 Å². The van der Waals surface area contributed by atoms with Crippen molar-refractivity contribution in [3.63, 3.8) is 0 Å². The fourth-order valence-corrected chi connectivity index (χ4v) is 3.08. The number of unbranched alkanes of at least 4 members (excludes halogenated alkanes) is 10. The van der Waals surface area contributed by atoms with Gasteiger partial charge in [0.2, 0.25) is 0 Å². The standard InChI is InChI=1S/C21H35NO2/c1-3-4-5-6-7-8-9-10-11-12-13-14-20(22-24)19-17-18(2)15-16-21(19)23/h15-17,23-24H,3-14H2,1-2H3. The molecule has 1 aromatic carbocycles. The predicted octanol–water partition coefficient (Wildman–Crippen LogP) is 6.58. The topological polar surface area (TPSA) is 52.8 Å². The summed E-state index contributed by atoms with van der Waals surface area (Å²) >= 11 is 0. The van der Waals surface area contributed by atoms with Crippen LogP contribution in [0.2, 0.25) is 0 Å². The zero-order valence-electron chi connectivity index (χ0n) is 15.6. The van der Waals surface area contributed by atoms with Crippen molar-refractivity contribution in [1.29, 1.82) is 0 Å². The Morgan fingerprint density at radius 3 is 1.96 bits per heavy atom. The van der Waals surface area contributed by atoms with Crippen LogP contribution in [-0.4, -0.2) is 16.0 Å². The number of oxime groups is 1. The molecule has 0 spiro atoms. The van der Waals surface area contributed by atoms with E-state index in [1.807, 2.05) is 19.1 Å². The smallest absolute Gasteiger partial charge is 0.124 e. The Morgan fingerprint density at radius 2 is 1.42 bits per heavy atom. The summed E-state index contributed by atoms with van der Waals surface area (Å²) < 4.78 is 0. The van der Waals surface area contributed by atoms with Crippen LogP contribution in [0.5, 0.6) is 5.75 Å². The summed E-state index contributed by atoms with van der Waals surface area (Å²) in [5.41, 5.74) is 2.31. The second-order valence-electron chi connectivity index (χ2n) is 6.85. The van der Waals surface area contributed by atoms with Crippen LogP contribution in [0.4, 0.5) is 0 Å². The van der Waals surface area contributed by atoms with Gasteiger partial charge in [0, 0.05) is 5.56 Å². The number of hydrogen-bond acceptors (Lipinski definition) is 3. The maximum atomic E-state index is 9.92. The van der Waals surface area contributed by atoms with Gasteiger partial charge in [-0.25, -0.2) is 0 Å². The van der Waals surface area contributed by atoms with Gasteiger partial charge in [-0.3, -0.25) is 0 Å². The molecule has 24 heavy (non-hydrogen) atoms. The first kappa shape index (κ1) is 20.5. The fraction of sp³-hybridized carbons (Fsp3) is 0.667. The molecular weight excluding hydrogens is 298 g/mol. The minimum atomic E-state index is 0.191. The van der Waals surface area contributed by atoms with Gasteiger partial charge in [-0.15, -0.1) is 0 Å². The van der Waals surface area contributed by atoms with Crippen LogP contribution in [0.1, 0.15) is 95.1 Å². The molecule has 0 aliphatic carbocycles. The molecule has 0 unspecified atom stereocenters. The molecule has 1 aromatic rings. The number of benzene rings is 1. The quantitative estimate of drug-likeness (QED) is 0.185. The Balaban J connectivity index is 2.12. The van der Waals surface area contributed by atoms with Crippen LogP contribution in [0.3, 0.4) is 0 Å². The van der Waals surface area contributed by atoms with Crippen molar-refractivity contribution in [3.8, 4) is 5.75 Å². The average Bonchev–Trinajstić information content (AvgIpc) is 2.58. The summed E-state index contributed by atoms with van der Waals surface area (Å²) in [5.74, 6) is 0.191. The minimum Gasteiger partial charge on any atom is -0.507 e. The van der Waals surface area contributed by atoms with E-state index < -0.39 is 0 Å². The lowest BCUT2D eigenvalue weighted by Crippen LogP contribution is -2.02. The second kappa shape index (κ2) is 12.9. The van der Waals surface area contributed by atoms with Crippen molar-refractivity contribution >= 4 is 5.71 Å². The molecule has 0 atom stereocenters. The summed E-state index contributed by atoms with van der Waals surface area (Å²) in [6.07, 6.45) is 15.0. The van der Waals surface area contributed by atoms with Gasteiger partial charge in [0.05, 0.1) is 5.71 Å². The van der Waals surface area contributed by atoms with Gasteiger partial charge >= 0.3 is 0 Å². The van der Waals surface area contributed by atoms with E-state index in [0.717, 1.165) is 18.4 Å². The monoisotopic (exact) mass is 333 g/mol. The molecule has 0 aliphatic heterocycles. The van der Waals surface area contributed by atoms with E-state index in [1.54, 1.807) is 6.07 Å². The first-order valence-corrected chi connectivity index (χ1v) is 9.70. The number of phenolic OH excluding ortho intramolecular Hbond substituents is 1. The van der Waals surface area contributed by atoms with Crippen LogP contribution >= 0.6 is 0 Å². The van der Waals surface area contributed by atoms with Crippen LogP contribution < -0.4 is 0 Å². The van der Waals surface area contributed by atoms with Gasteiger partial charge < -0.3 is 10.3 Å². The van der Waals surface area contributed by atoms with Crippen molar-refractivity contribution in [3.05, 3.63) is 29.3 Å². The molecule has 0 bridgehead atoms. The highest BCUT2D eigenvalue weighted by Gasteiger charge is 2.09. The second-order valence-corrected chi connectivity index (χ2v) is 6.85. The number of hydrogen-bond donors (Lipinski definition) is 2. The first-order chi connectivity index (χ1) is 11.7. The normalized spacial score (nSPS) is 11.8. The number of aromatic hydroxyl groups is 1. The molecule has 0 amide bonds. The molecule has 0 saturated carbocycles. The van der Waals surface area contributed by atoms with Crippen LogP contribution in [0.15, 0.2) is 23.4 Å². The number of nitrogens with zero attached hydrogens (tertiary/aromatic N) is 1. The molecule has 2 N–H and O–H groups in total. The number of phenols is 1. The predicted molar refractivity (Wildman–Crippen MR) is 102 cm³/mol. The molecule has 1 rings (SSSR count). The van der Waals surface area contributed by atoms with Crippen molar-refractivity contribution < 1.29 is 10.3 Å². The van der Waals surface area contributed by atoms with E-state index in [-0.39, 0.29) is 5.75 Å². The zero-order valence-corrected chi connectivity index (χ0v) is 15.6. The van der Waals surface area contributed by atoms with Gasteiger partial charge in [0.25, 0.3) is 0 Å². The third-order valence-corrected chi connectivity index (χ3v) is 4.60. The molecule has 0 aliphatic rings. The summed E-state index contributed by atoms with van der Waals surface area (Å²) in [6, 6.07) is 5.40. The summed E-state index contributed by atoms with van der Waals surface area (Å²) in [4.78, 5) is 0. The highest BCUT2D eigenvalue weighted by atomic mass is 16.4. The molecule has 0 saturated heterocycles. The highest BCUT2D eigenvalue weighted by molar-refractivity contribution is 6.02. The molecule has 0 aromatic heterocycles. The Bertz CT molecular complexity index is 483. The maximum Gasteiger partial charge on any atom is 0.124 e. The lowest BCUT2D eigenvalue weighted by molar-refractivity contribution is 0.317. The largest absolute Gasteiger partial charge is 0.507 e. The Hall–Kier alpha value is -1.51. The highest BCUT2D eigenvalue weighted by Crippen LogP contribution is 2.22. The lowest BCUT2D eigenvalue weighted by atomic mass is 10.00. The van der Waals surface area contributed by atoms with Crippen molar-refractivity contribution in [2.24, 2.45) is 5.16 Å². The Labute approximate surface area is 147 Å². The van der Waals surface area contributed by atoms with Gasteiger partial charge in [0.15, 0.2) is 0 Å². The van der Waals surface area contributed by atoms with Crippen molar-refractivity contribution in [2.75, 3.05) is 0 Å². The van der Waals surface area contributed by atoms with E-state index >= 15 is 0 Å². The lowest BCUT2D eigenvalue weighted by Gasteiger charge is -2.08. The average molecular weight is 334 g/mol. The van der Waals surface area contributed by atoms with Crippen LogP contribution in [-0.2, 0) is 0 Å². The first-order valence-electron chi connectivity index (χ1n) is 9.70. The van der Waals surface area contributed by atoms with Gasteiger partial charge in [0.1, 0.15) is 5.75 Å². The molecular formula is C21H35NO2. The number of aryl methyl sites for hydroxylation is 1. The van der Waals surface area contributed by atoms with Crippen LogP contribution in [0, 0.1) is 6.92 Å². The summed E-state index contributed by atoms with van der Waals surface area (Å²) in [6.45, 7) is 4.23. The molecule has 3 nitrogen and oxygen atoms in total. The minimum absolute atomic E-state index is 0.191. The summed E-state index contributed by atoms with van der Waals surface area (Å²) in [7, 11) is 0. The van der Waals surface area contributed by atoms with Crippen molar-refractivity contribution in [2.45, 2.75) is 90.9 Å². The van der Waals surface area contributed by atoms with E-state index in [9.17, 15) is 10.3 Å². The molecule has 0 heterocycles. The van der Waals surface area contributed by atoms with E-state index in [1.165, 1.54) is 57.8 Å². The number of rotatable bonds is 13. The molecule has 0 radical (unpaired) electrons. The van der Waals surface area contributed by atoms with E-state index in [4.69, 9.17) is 0 Å². The van der Waals surface area contributed by atoms with Gasteiger partial charge in [-0.1, -0.05) is 87.9 Å². The molecule has 3 heteroatoms. The van der Waals surface area contributed by atoms with Gasteiger partial charge in [-0.2, -0.15) is 0 Å². The van der Waals surface area contributed by atoms with E-state index in [0.29, 0.717) is 17.7 Å². The molecule has 0 fully saturated rings. The molecule has 136 valence electrons. The van der Waals surface area contributed by atoms with E-state index in [2.05, 4.69) is 12.1 Å². The third kappa shape index (κ3) is 8.37.